The second-order valence-electron chi connectivity index (χ2n) is 9.87. The van der Waals surface area contributed by atoms with Gasteiger partial charge in [-0.05, 0) is 55.4 Å². The van der Waals surface area contributed by atoms with Crippen molar-refractivity contribution in [3.63, 3.8) is 0 Å². The lowest BCUT2D eigenvalue weighted by molar-refractivity contribution is 0.00578. The summed E-state index contributed by atoms with van der Waals surface area (Å²) in [6, 6.07) is 0.0824. The van der Waals surface area contributed by atoms with Crippen molar-refractivity contribution in [2.75, 3.05) is 24.5 Å². The van der Waals surface area contributed by atoms with E-state index in [1.807, 2.05) is 48.5 Å². The van der Waals surface area contributed by atoms with Gasteiger partial charge in [-0.1, -0.05) is 0 Å². The highest BCUT2D eigenvalue weighted by Gasteiger charge is 2.52. The summed E-state index contributed by atoms with van der Waals surface area (Å²) in [4.78, 5) is 25.3. The van der Waals surface area contributed by atoms with E-state index in [4.69, 9.17) is 14.0 Å². The van der Waals surface area contributed by atoms with Crippen LogP contribution in [0.4, 0.5) is 10.7 Å². The van der Waals surface area contributed by atoms with Gasteiger partial charge in [0.1, 0.15) is 5.60 Å². The molecule has 3 heterocycles. The number of hydrogen-bond donors (Lipinski definition) is 0. The third kappa shape index (κ3) is 4.66. The fraction of sp³-hybridized carbons (Fsp3) is 0.750. The van der Waals surface area contributed by atoms with Gasteiger partial charge < -0.3 is 23.8 Å². The lowest BCUT2D eigenvalue weighted by Gasteiger charge is -2.40. The number of carbonyl (C=O) groups is 1. The molecule has 0 radical (unpaired) electrons. The first-order chi connectivity index (χ1) is 13.3. The van der Waals surface area contributed by atoms with Crippen LogP contribution in [0.5, 0.6) is 0 Å². The monoisotopic (exact) mass is 404 g/mol. The first-order valence-corrected chi connectivity index (χ1v) is 10.2. The maximum Gasteiger partial charge on any atom is 0.498 e. The van der Waals surface area contributed by atoms with Crippen molar-refractivity contribution in [3.05, 3.63) is 12.4 Å². The summed E-state index contributed by atoms with van der Waals surface area (Å²) in [5, 5.41) is 0. The Kier molecular flexibility index (Phi) is 5.60. The van der Waals surface area contributed by atoms with Crippen molar-refractivity contribution in [2.24, 2.45) is 0 Å². The van der Waals surface area contributed by atoms with Crippen molar-refractivity contribution in [2.45, 2.75) is 78.2 Å². The minimum Gasteiger partial charge on any atom is -0.444 e. The average Bonchev–Trinajstić information content (AvgIpc) is 2.81. The summed E-state index contributed by atoms with van der Waals surface area (Å²) in [6.07, 6.45) is 3.25. The first-order valence-electron chi connectivity index (χ1n) is 10.2. The van der Waals surface area contributed by atoms with Gasteiger partial charge in [0.2, 0.25) is 5.95 Å². The molecule has 2 aliphatic rings. The molecule has 160 valence electrons. The van der Waals surface area contributed by atoms with E-state index < -0.39 is 23.9 Å². The molecular formula is C20H33BN4O4. The van der Waals surface area contributed by atoms with Crippen LogP contribution in [0.15, 0.2) is 12.4 Å². The number of anilines is 1. The zero-order chi connectivity index (χ0) is 21.6. The van der Waals surface area contributed by atoms with Crippen LogP contribution in [0.1, 0.15) is 55.4 Å². The van der Waals surface area contributed by atoms with E-state index in [0.717, 1.165) is 5.46 Å². The molecule has 1 amide bonds. The van der Waals surface area contributed by atoms with E-state index in [0.29, 0.717) is 25.6 Å². The molecule has 2 fully saturated rings. The van der Waals surface area contributed by atoms with Crippen LogP contribution in [0, 0.1) is 0 Å². The average molecular weight is 404 g/mol. The summed E-state index contributed by atoms with van der Waals surface area (Å²) in [5.74, 6) is 0.640. The molecule has 2 aliphatic heterocycles. The summed E-state index contributed by atoms with van der Waals surface area (Å²) in [6.45, 7) is 17.6. The molecular weight excluding hydrogens is 371 g/mol. The van der Waals surface area contributed by atoms with Gasteiger partial charge in [0.15, 0.2) is 0 Å². The molecule has 0 bridgehead atoms. The smallest absolute Gasteiger partial charge is 0.444 e. The fourth-order valence-corrected chi connectivity index (χ4v) is 3.33. The van der Waals surface area contributed by atoms with Gasteiger partial charge in [-0.3, -0.25) is 0 Å². The van der Waals surface area contributed by atoms with Crippen molar-refractivity contribution < 1.29 is 18.8 Å². The van der Waals surface area contributed by atoms with E-state index >= 15 is 0 Å². The summed E-state index contributed by atoms with van der Waals surface area (Å²) < 4.78 is 17.6. The maximum absolute atomic E-state index is 12.3. The van der Waals surface area contributed by atoms with Gasteiger partial charge in [0.25, 0.3) is 0 Å². The summed E-state index contributed by atoms with van der Waals surface area (Å²) in [7, 11) is -0.476. The number of hydrogen-bond acceptors (Lipinski definition) is 7. The molecule has 9 heteroatoms. The molecule has 1 atom stereocenters. The molecule has 0 spiro atoms. The standard InChI is InChI=1S/C20H33BN4O4/c1-14-13-24(17(26)27-18(2,3)4)9-10-25(14)16-22-11-15(12-23-16)21-28-19(5,6)20(7,8)29-21/h11-12,14H,9-10,13H2,1-8H3. The van der Waals surface area contributed by atoms with Crippen LogP contribution < -0.4 is 10.4 Å². The summed E-state index contributed by atoms with van der Waals surface area (Å²) >= 11 is 0. The third-order valence-corrected chi connectivity index (χ3v) is 5.72. The Balaban J connectivity index is 1.63. The molecule has 0 saturated carbocycles. The van der Waals surface area contributed by atoms with Crippen molar-refractivity contribution >= 4 is 24.6 Å². The minimum absolute atomic E-state index is 0.0824. The number of ether oxygens (including phenoxy) is 1. The Morgan fingerprint density at radius 2 is 1.69 bits per heavy atom. The lowest BCUT2D eigenvalue weighted by Crippen LogP contribution is -2.55. The number of nitrogens with zero attached hydrogens (tertiary/aromatic N) is 4. The molecule has 0 aromatic carbocycles. The van der Waals surface area contributed by atoms with Gasteiger partial charge in [-0.2, -0.15) is 0 Å². The zero-order valence-electron chi connectivity index (χ0n) is 18.9. The fourth-order valence-electron chi connectivity index (χ4n) is 3.33. The first kappa shape index (κ1) is 21.8. The van der Waals surface area contributed by atoms with E-state index in [2.05, 4.69) is 21.8 Å². The Hall–Kier alpha value is -1.87. The van der Waals surface area contributed by atoms with E-state index in [1.165, 1.54) is 0 Å². The lowest BCUT2D eigenvalue weighted by atomic mass is 9.81. The second-order valence-corrected chi connectivity index (χ2v) is 9.87. The second kappa shape index (κ2) is 7.43. The summed E-state index contributed by atoms with van der Waals surface area (Å²) in [5.41, 5.74) is -0.497. The molecule has 0 N–H and O–H groups in total. The van der Waals surface area contributed by atoms with E-state index in [-0.39, 0.29) is 12.1 Å². The normalized spacial score (nSPS) is 24.0. The van der Waals surface area contributed by atoms with Crippen LogP contribution in [0.2, 0.25) is 0 Å². The number of carbonyl (C=O) groups excluding carboxylic acids is 1. The highest BCUT2D eigenvalue weighted by molar-refractivity contribution is 6.61. The predicted molar refractivity (Wildman–Crippen MR) is 112 cm³/mol. The van der Waals surface area contributed by atoms with E-state index in [9.17, 15) is 4.79 Å². The van der Waals surface area contributed by atoms with Crippen LogP contribution >= 0.6 is 0 Å². The molecule has 1 unspecified atom stereocenters. The molecule has 0 aliphatic carbocycles. The Bertz CT molecular complexity index is 732. The zero-order valence-corrected chi connectivity index (χ0v) is 18.9. The van der Waals surface area contributed by atoms with Gasteiger partial charge in [0.05, 0.1) is 11.2 Å². The van der Waals surface area contributed by atoms with Crippen molar-refractivity contribution in [1.82, 2.24) is 14.9 Å². The molecule has 29 heavy (non-hydrogen) atoms. The molecule has 1 aromatic rings. The number of rotatable bonds is 2. The third-order valence-electron chi connectivity index (χ3n) is 5.72. The Morgan fingerprint density at radius 3 is 2.17 bits per heavy atom. The van der Waals surface area contributed by atoms with Crippen molar-refractivity contribution in [3.8, 4) is 0 Å². The van der Waals surface area contributed by atoms with Gasteiger partial charge >= 0.3 is 13.2 Å². The van der Waals surface area contributed by atoms with E-state index in [1.54, 1.807) is 17.3 Å². The number of aromatic nitrogens is 2. The quantitative estimate of drug-likeness (QED) is 0.700. The van der Waals surface area contributed by atoms with Crippen LogP contribution in [0.3, 0.4) is 0 Å². The highest BCUT2D eigenvalue weighted by atomic mass is 16.7. The molecule has 8 nitrogen and oxygen atoms in total. The molecule has 1 aromatic heterocycles. The van der Waals surface area contributed by atoms with Gasteiger partial charge in [-0.15, -0.1) is 0 Å². The molecule has 2 saturated heterocycles. The highest BCUT2D eigenvalue weighted by Crippen LogP contribution is 2.36. The Morgan fingerprint density at radius 1 is 1.14 bits per heavy atom. The number of amides is 1. The van der Waals surface area contributed by atoms with Crippen LogP contribution in [-0.2, 0) is 14.0 Å². The SMILES string of the molecule is CC1CN(C(=O)OC(C)(C)C)CCN1c1ncc(B2OC(C)(C)C(C)(C)O2)cn1. The largest absolute Gasteiger partial charge is 0.498 e. The topological polar surface area (TPSA) is 77.0 Å². The number of piperazine rings is 1. The van der Waals surface area contributed by atoms with Crippen LogP contribution in [-0.4, -0.2) is 70.6 Å². The van der Waals surface area contributed by atoms with Crippen LogP contribution in [0.25, 0.3) is 0 Å². The maximum atomic E-state index is 12.3. The van der Waals surface area contributed by atoms with Gasteiger partial charge in [-0.25, -0.2) is 14.8 Å². The molecule has 3 rings (SSSR count). The minimum atomic E-state index is -0.496. The predicted octanol–water partition coefficient (Wildman–Crippen LogP) is 2.22. The Labute approximate surface area is 174 Å². The van der Waals surface area contributed by atoms with Crippen molar-refractivity contribution in [1.29, 1.82) is 0 Å². The van der Waals surface area contributed by atoms with Gasteiger partial charge in [0, 0.05) is 43.5 Å².